The molecule has 0 heterocycles. The lowest BCUT2D eigenvalue weighted by molar-refractivity contribution is -0.860. The maximum atomic E-state index is 11.9. The van der Waals surface area contributed by atoms with Gasteiger partial charge in [0.05, 0.1) is 12.7 Å². The van der Waals surface area contributed by atoms with Gasteiger partial charge in [0.15, 0.2) is 0 Å². The lowest BCUT2D eigenvalue weighted by Gasteiger charge is -2.21. The summed E-state index contributed by atoms with van der Waals surface area (Å²) in [7, 11) is 1.60. The minimum atomic E-state index is -0.449. The van der Waals surface area contributed by atoms with Crippen molar-refractivity contribution in [2.75, 3.05) is 7.11 Å². The van der Waals surface area contributed by atoms with E-state index in [-0.39, 0.29) is 0 Å². The van der Waals surface area contributed by atoms with Crippen LogP contribution in [0.2, 0.25) is 0 Å². The third kappa shape index (κ3) is 4.56. The van der Waals surface area contributed by atoms with Gasteiger partial charge in [0, 0.05) is 4.47 Å². The van der Waals surface area contributed by atoms with E-state index < -0.39 is 5.97 Å². The summed E-state index contributed by atoms with van der Waals surface area (Å²) in [4.78, 5) is 17.0. The predicted octanol–water partition coefficient (Wildman–Crippen LogP) is 1.78. The van der Waals surface area contributed by atoms with E-state index in [1.807, 2.05) is 24.3 Å². The molecule has 0 aliphatic heterocycles. The fourth-order valence-electron chi connectivity index (χ4n) is 1.89. The minimum absolute atomic E-state index is 0.440. The number of methoxy groups -OCH3 is 1. The predicted molar refractivity (Wildman–Crippen MR) is 85.6 cm³/mol. The molecule has 4 N–H and O–H groups in total. The second-order valence-electron chi connectivity index (χ2n) is 4.59. The quantitative estimate of drug-likeness (QED) is 0.604. The van der Waals surface area contributed by atoms with Gasteiger partial charge in [-0.25, -0.2) is 4.79 Å². The van der Waals surface area contributed by atoms with Crippen LogP contribution in [0.3, 0.4) is 0 Å². The van der Waals surface area contributed by atoms with Crippen molar-refractivity contribution in [2.24, 2.45) is 5.73 Å². The monoisotopic (exact) mass is 364 g/mol. The normalized spacial score (nSPS) is 10.5. The number of halogens is 1. The molecule has 2 aromatic carbocycles. The van der Waals surface area contributed by atoms with E-state index >= 15 is 0 Å². The fourth-order valence-corrected chi connectivity index (χ4v) is 2.16. The Morgan fingerprint density at radius 1 is 1.23 bits per heavy atom. The number of rotatable bonds is 6. The number of ether oxygens (including phenoxy) is 1. The van der Waals surface area contributed by atoms with E-state index in [1.165, 1.54) is 5.48 Å². The van der Waals surface area contributed by atoms with Crippen LogP contribution in [0.1, 0.15) is 15.9 Å². The zero-order valence-electron chi connectivity index (χ0n) is 12.1. The van der Waals surface area contributed by atoms with Gasteiger partial charge < -0.3 is 15.3 Å². The van der Waals surface area contributed by atoms with E-state index in [0.717, 1.165) is 15.8 Å². The molecular weight excluding hydrogens is 348 g/mol. The first-order valence-corrected chi connectivity index (χ1v) is 7.42. The number of para-hydroxylation sites is 1. The molecule has 0 unspecified atom stereocenters. The van der Waals surface area contributed by atoms with Gasteiger partial charge in [-0.1, -0.05) is 40.5 Å². The number of hydrogen-bond acceptors (Lipinski definition) is 4. The standard InChI is InChI=1S/C16H17BrN2O3/c1-21-14-5-3-2-4-12(14)10-15(18)19-22-16(20)11-6-8-13(17)9-7-11/h2-9H,10,18-19H2,1H3. The van der Waals surface area contributed by atoms with E-state index in [1.54, 1.807) is 31.4 Å². The van der Waals surface area contributed by atoms with Crippen LogP contribution >= 0.6 is 15.9 Å². The largest absolute Gasteiger partial charge is 0.497 e. The van der Waals surface area contributed by atoms with Crippen molar-refractivity contribution in [3.05, 3.63) is 70.3 Å². The van der Waals surface area contributed by atoms with Crippen LogP contribution in [0.25, 0.3) is 0 Å². The molecule has 0 aromatic heterocycles. The van der Waals surface area contributed by atoms with Crippen molar-refractivity contribution >= 4 is 21.9 Å². The minimum Gasteiger partial charge on any atom is -0.497 e. The van der Waals surface area contributed by atoms with E-state index in [0.29, 0.717) is 18.2 Å². The van der Waals surface area contributed by atoms with Gasteiger partial charge in [0.2, 0.25) is 0 Å². The average Bonchev–Trinajstić information content (AvgIpc) is 2.54. The van der Waals surface area contributed by atoms with Gasteiger partial charge in [-0.3, -0.25) is 5.48 Å². The second-order valence-corrected chi connectivity index (χ2v) is 5.51. The zero-order chi connectivity index (χ0) is 15.9. The summed E-state index contributed by atoms with van der Waals surface area (Å²) in [5, 5.41) is 0. The summed E-state index contributed by atoms with van der Waals surface area (Å²) in [5.41, 5.74) is 8.57. The number of hydrogen-bond donors (Lipinski definition) is 2. The van der Waals surface area contributed by atoms with E-state index in [2.05, 4.69) is 15.9 Å². The van der Waals surface area contributed by atoms with Crippen molar-refractivity contribution in [1.82, 2.24) is 0 Å². The Hall–Kier alpha value is -1.89. The molecule has 0 aliphatic carbocycles. The molecule has 0 bridgehead atoms. The SMILES string of the molecule is COc1ccccc1C[C-](N)[NH2+]OC(=O)c1ccc(Br)cc1. The smallest absolute Gasteiger partial charge is 0.393 e. The first-order valence-electron chi connectivity index (χ1n) is 6.63. The molecule has 22 heavy (non-hydrogen) atoms. The highest BCUT2D eigenvalue weighted by Gasteiger charge is 2.10. The van der Waals surface area contributed by atoms with Crippen LogP contribution < -0.4 is 16.0 Å². The van der Waals surface area contributed by atoms with Crippen molar-refractivity contribution in [2.45, 2.75) is 6.42 Å². The molecule has 0 amide bonds. The fraction of sp³-hybridized carbons (Fsp3) is 0.125. The Morgan fingerprint density at radius 3 is 2.59 bits per heavy atom. The molecule has 2 rings (SSSR count). The molecular formula is C16H17BrN2O3. The molecule has 0 fully saturated rings. The van der Waals surface area contributed by atoms with Gasteiger partial charge in [-0.2, -0.15) is 0 Å². The van der Waals surface area contributed by atoms with E-state index in [9.17, 15) is 4.79 Å². The Morgan fingerprint density at radius 2 is 1.91 bits per heavy atom. The number of nitrogens with two attached hydrogens (primary N) is 2. The number of benzene rings is 2. The van der Waals surface area contributed by atoms with Crippen LogP contribution in [0, 0.1) is 6.17 Å². The number of carbonyl (C=O) groups excluding carboxylic acids is 1. The molecule has 6 heteroatoms. The van der Waals surface area contributed by atoms with Crippen LogP contribution in [-0.4, -0.2) is 13.1 Å². The van der Waals surface area contributed by atoms with Crippen LogP contribution in [0.4, 0.5) is 0 Å². The van der Waals surface area contributed by atoms with Crippen LogP contribution in [0.15, 0.2) is 53.0 Å². The first kappa shape index (κ1) is 16.5. The second kappa shape index (κ2) is 7.93. The summed E-state index contributed by atoms with van der Waals surface area (Å²) in [6.07, 6.45) is 0.882. The Balaban J connectivity index is 1.88. The molecule has 0 saturated heterocycles. The molecule has 5 nitrogen and oxygen atoms in total. The summed E-state index contributed by atoms with van der Waals surface area (Å²) in [6.45, 7) is 0. The molecule has 0 atom stereocenters. The summed E-state index contributed by atoms with van der Waals surface area (Å²) in [6, 6.07) is 14.5. The maximum absolute atomic E-state index is 11.9. The van der Waals surface area contributed by atoms with Gasteiger partial charge in [0.25, 0.3) is 0 Å². The highest BCUT2D eigenvalue weighted by atomic mass is 79.9. The molecule has 0 aliphatic rings. The summed E-state index contributed by atoms with van der Waals surface area (Å²) < 4.78 is 6.16. The Labute approximate surface area is 137 Å². The highest BCUT2D eigenvalue weighted by Crippen LogP contribution is 2.18. The first-order chi connectivity index (χ1) is 10.6. The lowest BCUT2D eigenvalue weighted by atomic mass is 10.1. The number of hydroxylamine groups is 1. The third-order valence-electron chi connectivity index (χ3n) is 2.98. The zero-order valence-corrected chi connectivity index (χ0v) is 13.7. The number of carbonyl (C=O) groups is 1. The summed E-state index contributed by atoms with van der Waals surface area (Å²) >= 11 is 3.31. The van der Waals surface area contributed by atoms with Crippen molar-refractivity contribution < 1.29 is 19.8 Å². The number of quaternary nitrogens is 1. The third-order valence-corrected chi connectivity index (χ3v) is 3.51. The van der Waals surface area contributed by atoms with Crippen molar-refractivity contribution in [1.29, 1.82) is 0 Å². The summed E-state index contributed by atoms with van der Waals surface area (Å²) in [5.74, 6) is 0.300. The Bertz CT molecular complexity index is 632. The Kier molecular flexibility index (Phi) is 5.94. The van der Waals surface area contributed by atoms with Gasteiger partial charge in [-0.05, 0) is 42.1 Å². The molecule has 2 aromatic rings. The van der Waals surface area contributed by atoms with E-state index in [4.69, 9.17) is 15.3 Å². The maximum Gasteiger partial charge on any atom is 0.393 e. The van der Waals surface area contributed by atoms with Crippen LogP contribution in [0.5, 0.6) is 5.75 Å². The van der Waals surface area contributed by atoms with Crippen LogP contribution in [-0.2, 0) is 11.3 Å². The molecule has 0 saturated carbocycles. The molecule has 0 radical (unpaired) electrons. The lowest BCUT2D eigenvalue weighted by Crippen LogP contribution is -2.88. The van der Waals surface area contributed by atoms with Gasteiger partial charge >= 0.3 is 5.97 Å². The molecule has 116 valence electrons. The average molecular weight is 365 g/mol. The van der Waals surface area contributed by atoms with Gasteiger partial charge in [0.1, 0.15) is 5.75 Å². The highest BCUT2D eigenvalue weighted by molar-refractivity contribution is 9.10. The molecule has 0 spiro atoms. The van der Waals surface area contributed by atoms with Crippen molar-refractivity contribution in [3.63, 3.8) is 0 Å². The topological polar surface area (TPSA) is 78.2 Å². The van der Waals surface area contributed by atoms with Gasteiger partial charge in [-0.15, -0.1) is 0 Å². The van der Waals surface area contributed by atoms with Crippen molar-refractivity contribution in [3.8, 4) is 5.75 Å².